The second kappa shape index (κ2) is 8.75. The molecule has 0 aliphatic rings. The van der Waals surface area contributed by atoms with Gasteiger partial charge < -0.3 is 9.05 Å². The van der Waals surface area contributed by atoms with Crippen molar-refractivity contribution in [3.05, 3.63) is 24.3 Å². The Labute approximate surface area is 141 Å². The van der Waals surface area contributed by atoms with Crippen molar-refractivity contribution in [2.45, 2.75) is 31.6 Å². The maximum absolute atomic E-state index is 11.9. The van der Waals surface area contributed by atoms with Gasteiger partial charge in [-0.1, -0.05) is 13.8 Å². The summed E-state index contributed by atoms with van der Waals surface area (Å²) >= 11 is 4.90. The van der Waals surface area contributed by atoms with E-state index in [0.29, 0.717) is 25.1 Å². The fraction of sp³-hybridized carbons (Fsp3) is 0.462. The lowest BCUT2D eigenvalue weighted by atomic mass is 10.3. The number of amides is 1. The first-order chi connectivity index (χ1) is 10.7. The standard InChI is InChI=1S/C13H21N2O5PS2/c1-3-9-19-21(14,22)20-13(16)15-11-5-7-12(8-6-11)23(17,18)10-4-2/h5-8H,3-4,9-10H2,1-2H3,(H2,14,22)(H,15,16). The number of nitrogens with two attached hydrogens (primary N) is 1. The van der Waals surface area contributed by atoms with Crippen LogP contribution in [0, 0.1) is 0 Å². The van der Waals surface area contributed by atoms with Crippen molar-refractivity contribution in [3.8, 4) is 0 Å². The molecule has 0 saturated carbocycles. The monoisotopic (exact) mass is 380 g/mol. The van der Waals surface area contributed by atoms with Gasteiger partial charge in [-0.25, -0.2) is 18.7 Å². The van der Waals surface area contributed by atoms with Gasteiger partial charge in [0.1, 0.15) is 0 Å². The SMILES string of the molecule is CCCOP(N)(=S)OC(=O)Nc1ccc(S(=O)(=O)CCC)cc1. The number of sulfone groups is 1. The normalized spacial score (nSPS) is 14.0. The Bertz CT molecular complexity index is 676. The summed E-state index contributed by atoms with van der Waals surface area (Å²) < 4.78 is 33.8. The molecular formula is C13H21N2O5PS2. The summed E-state index contributed by atoms with van der Waals surface area (Å²) in [4.78, 5) is 11.9. The van der Waals surface area contributed by atoms with E-state index in [0.717, 1.165) is 0 Å². The number of hydrogen-bond donors (Lipinski definition) is 2. The molecule has 0 heterocycles. The molecule has 0 aliphatic carbocycles. The van der Waals surface area contributed by atoms with Gasteiger partial charge in [0.25, 0.3) is 0 Å². The molecule has 1 unspecified atom stereocenters. The van der Waals surface area contributed by atoms with Crippen LogP contribution in [0.15, 0.2) is 29.2 Å². The summed E-state index contributed by atoms with van der Waals surface area (Å²) in [5, 5.41) is 2.43. The first-order valence-electron chi connectivity index (χ1n) is 7.06. The van der Waals surface area contributed by atoms with Crippen LogP contribution in [0.25, 0.3) is 0 Å². The van der Waals surface area contributed by atoms with Crippen LogP contribution in [0.5, 0.6) is 0 Å². The van der Waals surface area contributed by atoms with E-state index in [9.17, 15) is 13.2 Å². The van der Waals surface area contributed by atoms with Crippen LogP contribution in [-0.4, -0.2) is 26.9 Å². The lowest BCUT2D eigenvalue weighted by molar-refractivity contribution is 0.207. The molecule has 0 bridgehead atoms. The number of carbonyl (C=O) groups is 1. The van der Waals surface area contributed by atoms with Crippen molar-refractivity contribution >= 4 is 40.1 Å². The third kappa shape index (κ3) is 6.97. The number of rotatable bonds is 8. The molecule has 3 N–H and O–H groups in total. The largest absolute Gasteiger partial charge is 0.417 e. The predicted molar refractivity (Wildman–Crippen MR) is 93.6 cm³/mol. The average molecular weight is 380 g/mol. The second-order valence-electron chi connectivity index (χ2n) is 4.72. The minimum atomic E-state index is -3.29. The topological polar surface area (TPSA) is 108 Å². The minimum absolute atomic E-state index is 0.0761. The van der Waals surface area contributed by atoms with Crippen molar-refractivity contribution in [1.82, 2.24) is 0 Å². The van der Waals surface area contributed by atoms with Crippen molar-refractivity contribution < 1.29 is 22.3 Å². The summed E-state index contributed by atoms with van der Waals surface area (Å²) in [7, 11) is -3.29. The number of nitrogens with one attached hydrogen (secondary N) is 1. The van der Waals surface area contributed by atoms with Crippen molar-refractivity contribution in [1.29, 1.82) is 0 Å². The van der Waals surface area contributed by atoms with Gasteiger partial charge in [-0.05, 0) is 48.9 Å². The summed E-state index contributed by atoms with van der Waals surface area (Å²) in [5.74, 6) is 0.0761. The third-order valence-electron chi connectivity index (χ3n) is 2.62. The number of carbonyl (C=O) groups excluding carboxylic acids is 1. The van der Waals surface area contributed by atoms with Crippen LogP contribution in [0.4, 0.5) is 10.5 Å². The van der Waals surface area contributed by atoms with E-state index in [4.69, 9.17) is 26.4 Å². The van der Waals surface area contributed by atoms with E-state index >= 15 is 0 Å². The molecular weight excluding hydrogens is 359 g/mol. The Morgan fingerprint density at radius 1 is 1.26 bits per heavy atom. The van der Waals surface area contributed by atoms with Gasteiger partial charge in [-0.15, -0.1) is 0 Å². The Hall–Kier alpha value is -0.990. The fourth-order valence-corrected chi connectivity index (χ4v) is 4.15. The molecule has 1 rings (SSSR count). The summed E-state index contributed by atoms with van der Waals surface area (Å²) in [6.07, 6.45) is 0.401. The quantitative estimate of drug-likeness (QED) is 0.667. The van der Waals surface area contributed by atoms with E-state index in [1.54, 1.807) is 6.92 Å². The van der Waals surface area contributed by atoms with E-state index in [1.807, 2.05) is 6.92 Å². The van der Waals surface area contributed by atoms with Crippen LogP contribution >= 0.6 is 6.64 Å². The molecule has 1 aromatic rings. The van der Waals surface area contributed by atoms with Crippen LogP contribution in [0.1, 0.15) is 26.7 Å². The molecule has 0 saturated heterocycles. The highest BCUT2D eigenvalue weighted by Gasteiger charge is 2.18. The van der Waals surface area contributed by atoms with Gasteiger partial charge >= 0.3 is 12.7 Å². The molecule has 1 aromatic carbocycles. The molecule has 10 heteroatoms. The van der Waals surface area contributed by atoms with Gasteiger partial charge in [0, 0.05) is 5.69 Å². The van der Waals surface area contributed by atoms with E-state index in [2.05, 4.69) is 5.32 Å². The molecule has 7 nitrogen and oxygen atoms in total. The summed E-state index contributed by atoms with van der Waals surface area (Å²) in [5.41, 5.74) is 5.98. The second-order valence-corrected chi connectivity index (χ2v) is 9.88. The Kier molecular flexibility index (Phi) is 7.63. The average Bonchev–Trinajstić information content (AvgIpc) is 2.45. The lowest BCUT2D eigenvalue weighted by Crippen LogP contribution is -2.16. The predicted octanol–water partition coefficient (Wildman–Crippen LogP) is 3.03. The zero-order chi connectivity index (χ0) is 17.5. The van der Waals surface area contributed by atoms with Gasteiger partial charge in [0.15, 0.2) is 9.84 Å². The first kappa shape index (κ1) is 20.1. The molecule has 0 aliphatic heterocycles. The maximum Gasteiger partial charge on any atom is 0.417 e. The van der Waals surface area contributed by atoms with E-state index in [1.165, 1.54) is 24.3 Å². The fourth-order valence-electron chi connectivity index (χ4n) is 1.63. The highest BCUT2D eigenvalue weighted by atomic mass is 32.5. The Morgan fingerprint density at radius 3 is 2.39 bits per heavy atom. The van der Waals surface area contributed by atoms with Gasteiger partial charge in [0.05, 0.1) is 17.3 Å². The number of benzene rings is 1. The molecule has 130 valence electrons. The zero-order valence-corrected chi connectivity index (χ0v) is 15.5. The van der Waals surface area contributed by atoms with Crippen LogP contribution in [0.2, 0.25) is 0 Å². The molecule has 0 fully saturated rings. The maximum atomic E-state index is 11.9. The van der Waals surface area contributed by atoms with Crippen LogP contribution < -0.4 is 10.8 Å². The van der Waals surface area contributed by atoms with Crippen LogP contribution in [-0.2, 0) is 30.7 Å². The number of anilines is 1. The van der Waals surface area contributed by atoms with Crippen molar-refractivity contribution in [2.75, 3.05) is 17.7 Å². The van der Waals surface area contributed by atoms with Crippen LogP contribution in [0.3, 0.4) is 0 Å². The Morgan fingerprint density at radius 2 is 1.87 bits per heavy atom. The Balaban J connectivity index is 2.68. The smallest absolute Gasteiger partial charge is 0.384 e. The molecule has 1 atom stereocenters. The first-order valence-corrected chi connectivity index (χ1v) is 11.4. The van der Waals surface area contributed by atoms with Gasteiger partial charge in [-0.2, -0.15) is 0 Å². The van der Waals surface area contributed by atoms with E-state index in [-0.39, 0.29) is 10.6 Å². The molecule has 0 radical (unpaired) electrons. The number of hydrogen-bond acceptors (Lipinski definition) is 6. The zero-order valence-electron chi connectivity index (χ0n) is 13.0. The highest BCUT2D eigenvalue weighted by molar-refractivity contribution is 8.09. The van der Waals surface area contributed by atoms with Gasteiger partial charge in [-0.3, -0.25) is 5.32 Å². The lowest BCUT2D eigenvalue weighted by Gasteiger charge is -2.16. The van der Waals surface area contributed by atoms with Gasteiger partial charge in [0.2, 0.25) is 0 Å². The molecule has 0 aromatic heterocycles. The molecule has 0 spiro atoms. The van der Waals surface area contributed by atoms with Crippen molar-refractivity contribution in [2.24, 2.45) is 5.50 Å². The molecule has 23 heavy (non-hydrogen) atoms. The summed E-state index contributed by atoms with van der Waals surface area (Å²) in [6.45, 7) is 0.860. The van der Waals surface area contributed by atoms with Crippen molar-refractivity contribution in [3.63, 3.8) is 0 Å². The molecule has 1 amide bonds. The van der Waals surface area contributed by atoms with E-state index < -0.39 is 22.6 Å². The third-order valence-corrected chi connectivity index (χ3v) is 6.06. The highest BCUT2D eigenvalue weighted by Crippen LogP contribution is 2.39. The summed E-state index contributed by atoms with van der Waals surface area (Å²) in [6, 6.07) is 5.78. The minimum Gasteiger partial charge on any atom is -0.384 e.